The highest BCUT2D eigenvalue weighted by molar-refractivity contribution is 9.11. The Kier molecular flexibility index (Phi) is 7.28. The SMILES string of the molecule is CC(C)COCCCNS(=O)(=O)c1cc(Cl)c(Br)s1. The van der Waals surface area contributed by atoms with Gasteiger partial charge in [-0.2, -0.15) is 0 Å². The fourth-order valence-corrected chi connectivity index (χ4v) is 4.75. The standard InChI is InChI=1S/C11H17BrClNO3S2/c1-8(2)7-17-5-3-4-14-19(15,16)10-6-9(13)11(12)18-10/h6,8,14H,3-5,7H2,1-2H3. The Morgan fingerprint density at radius 3 is 2.74 bits per heavy atom. The fourth-order valence-electron chi connectivity index (χ4n) is 1.23. The average molecular weight is 391 g/mol. The lowest BCUT2D eigenvalue weighted by Gasteiger charge is -2.07. The largest absolute Gasteiger partial charge is 0.381 e. The van der Waals surface area contributed by atoms with Crippen LogP contribution in [0.25, 0.3) is 0 Å². The number of sulfonamides is 1. The zero-order chi connectivity index (χ0) is 14.5. The number of thiophene rings is 1. The van der Waals surface area contributed by atoms with Crippen molar-refractivity contribution in [2.24, 2.45) is 5.92 Å². The molecule has 0 aliphatic rings. The van der Waals surface area contributed by atoms with Crippen LogP contribution in [0.15, 0.2) is 14.1 Å². The Morgan fingerprint density at radius 1 is 1.53 bits per heavy atom. The van der Waals surface area contributed by atoms with Crippen molar-refractivity contribution >= 4 is 48.9 Å². The summed E-state index contributed by atoms with van der Waals surface area (Å²) in [7, 11) is -3.47. The lowest BCUT2D eigenvalue weighted by Crippen LogP contribution is -2.25. The molecule has 0 fully saturated rings. The van der Waals surface area contributed by atoms with E-state index in [1.807, 2.05) is 0 Å². The van der Waals surface area contributed by atoms with E-state index in [4.69, 9.17) is 16.3 Å². The van der Waals surface area contributed by atoms with E-state index in [0.717, 1.165) is 11.3 Å². The van der Waals surface area contributed by atoms with Gasteiger partial charge >= 0.3 is 0 Å². The lowest BCUT2D eigenvalue weighted by atomic mass is 10.2. The molecule has 0 atom stereocenters. The second kappa shape index (κ2) is 7.95. The minimum absolute atomic E-state index is 0.215. The van der Waals surface area contributed by atoms with Gasteiger partial charge in [0.15, 0.2) is 0 Å². The first-order valence-electron chi connectivity index (χ1n) is 5.85. The van der Waals surface area contributed by atoms with E-state index < -0.39 is 10.0 Å². The fraction of sp³-hybridized carbons (Fsp3) is 0.636. The van der Waals surface area contributed by atoms with Crippen molar-refractivity contribution in [3.63, 3.8) is 0 Å². The summed E-state index contributed by atoms with van der Waals surface area (Å²) >= 11 is 10.1. The maximum Gasteiger partial charge on any atom is 0.250 e. The number of rotatable bonds is 8. The molecule has 0 amide bonds. The smallest absolute Gasteiger partial charge is 0.250 e. The van der Waals surface area contributed by atoms with Crippen LogP contribution in [0.2, 0.25) is 5.02 Å². The maximum atomic E-state index is 11.9. The summed E-state index contributed by atoms with van der Waals surface area (Å²) in [6, 6.07) is 1.44. The first-order valence-corrected chi connectivity index (χ1v) is 9.32. The van der Waals surface area contributed by atoms with Crippen molar-refractivity contribution < 1.29 is 13.2 Å². The van der Waals surface area contributed by atoms with Gasteiger partial charge in [0.05, 0.1) is 8.81 Å². The highest BCUT2D eigenvalue weighted by Gasteiger charge is 2.18. The normalized spacial score (nSPS) is 12.3. The number of halogens is 2. The van der Waals surface area contributed by atoms with Crippen LogP contribution in [0.3, 0.4) is 0 Å². The molecule has 8 heteroatoms. The van der Waals surface area contributed by atoms with E-state index in [-0.39, 0.29) is 4.21 Å². The molecule has 0 aliphatic carbocycles. The molecule has 0 spiro atoms. The van der Waals surface area contributed by atoms with Gasteiger partial charge in [0.2, 0.25) is 10.0 Å². The van der Waals surface area contributed by atoms with Gasteiger partial charge in [0.25, 0.3) is 0 Å². The van der Waals surface area contributed by atoms with Crippen LogP contribution in [0.4, 0.5) is 0 Å². The number of nitrogens with one attached hydrogen (secondary N) is 1. The van der Waals surface area contributed by atoms with Gasteiger partial charge < -0.3 is 4.74 Å². The molecular formula is C11H17BrClNO3S2. The molecule has 0 bridgehead atoms. The maximum absolute atomic E-state index is 11.9. The summed E-state index contributed by atoms with van der Waals surface area (Å²) in [6.45, 7) is 5.74. The van der Waals surface area contributed by atoms with Gasteiger partial charge in [-0.25, -0.2) is 13.1 Å². The molecule has 19 heavy (non-hydrogen) atoms. The Balaban J connectivity index is 2.36. The Bertz CT molecular complexity index is 483. The molecule has 1 rings (SSSR count). The first-order chi connectivity index (χ1) is 8.83. The van der Waals surface area contributed by atoms with E-state index in [9.17, 15) is 8.42 Å². The van der Waals surface area contributed by atoms with Gasteiger partial charge in [-0.3, -0.25) is 0 Å². The predicted octanol–water partition coefficient (Wildman–Crippen LogP) is 3.51. The molecule has 1 aromatic heterocycles. The van der Waals surface area contributed by atoms with Crippen LogP contribution in [0.5, 0.6) is 0 Å². The average Bonchev–Trinajstić information content (AvgIpc) is 2.64. The second-order valence-electron chi connectivity index (χ2n) is 4.41. The Hall–Kier alpha value is 0.340. The van der Waals surface area contributed by atoms with E-state index in [0.29, 0.717) is 40.9 Å². The zero-order valence-electron chi connectivity index (χ0n) is 10.8. The van der Waals surface area contributed by atoms with Crippen LogP contribution in [-0.4, -0.2) is 28.2 Å². The van der Waals surface area contributed by atoms with Gasteiger partial charge in [0, 0.05) is 19.8 Å². The molecular weight excluding hydrogens is 374 g/mol. The summed E-state index contributed by atoms with van der Waals surface area (Å²) in [6.07, 6.45) is 0.645. The van der Waals surface area contributed by atoms with Gasteiger partial charge in [0.1, 0.15) is 4.21 Å². The predicted molar refractivity (Wildman–Crippen MR) is 82.5 cm³/mol. The monoisotopic (exact) mass is 389 g/mol. The molecule has 0 saturated heterocycles. The third-order valence-corrected chi connectivity index (χ3v) is 6.51. The molecule has 1 heterocycles. The van der Waals surface area contributed by atoms with E-state index in [1.54, 1.807) is 0 Å². The van der Waals surface area contributed by atoms with Crippen LogP contribution in [-0.2, 0) is 14.8 Å². The summed E-state index contributed by atoms with van der Waals surface area (Å²) < 4.78 is 32.6. The van der Waals surface area contributed by atoms with Gasteiger partial charge in [-0.15, -0.1) is 11.3 Å². The third kappa shape index (κ3) is 6.10. The highest BCUT2D eigenvalue weighted by atomic mass is 79.9. The van der Waals surface area contributed by atoms with Crippen LogP contribution in [0.1, 0.15) is 20.3 Å². The molecule has 0 radical (unpaired) electrons. The number of ether oxygens (including phenoxy) is 1. The quantitative estimate of drug-likeness (QED) is 0.691. The molecule has 0 saturated carbocycles. The molecule has 1 N–H and O–H groups in total. The molecule has 0 unspecified atom stereocenters. The molecule has 1 aromatic rings. The van der Waals surface area contributed by atoms with Crippen molar-refractivity contribution in [2.45, 2.75) is 24.5 Å². The van der Waals surface area contributed by atoms with E-state index >= 15 is 0 Å². The van der Waals surface area contributed by atoms with Crippen LogP contribution < -0.4 is 4.72 Å². The van der Waals surface area contributed by atoms with Gasteiger partial charge in [-0.1, -0.05) is 25.4 Å². The number of hydrogen-bond donors (Lipinski definition) is 1. The molecule has 0 aromatic carbocycles. The topological polar surface area (TPSA) is 55.4 Å². The summed E-state index contributed by atoms with van der Waals surface area (Å²) in [4.78, 5) is 0. The van der Waals surface area contributed by atoms with E-state index in [2.05, 4.69) is 34.5 Å². The summed E-state index contributed by atoms with van der Waals surface area (Å²) in [5.74, 6) is 0.488. The first kappa shape index (κ1) is 17.4. The summed E-state index contributed by atoms with van der Waals surface area (Å²) in [5, 5.41) is 0.408. The zero-order valence-corrected chi connectivity index (χ0v) is 14.8. The van der Waals surface area contributed by atoms with Crippen molar-refractivity contribution in [1.29, 1.82) is 0 Å². The van der Waals surface area contributed by atoms with Gasteiger partial charge in [-0.05, 0) is 34.3 Å². The lowest BCUT2D eigenvalue weighted by molar-refractivity contribution is 0.108. The Labute approximate surface area is 131 Å². The summed E-state index contributed by atoms with van der Waals surface area (Å²) in [5.41, 5.74) is 0. The van der Waals surface area contributed by atoms with Crippen molar-refractivity contribution in [2.75, 3.05) is 19.8 Å². The number of hydrogen-bond acceptors (Lipinski definition) is 4. The highest BCUT2D eigenvalue weighted by Crippen LogP contribution is 2.34. The minimum Gasteiger partial charge on any atom is -0.381 e. The third-order valence-electron chi connectivity index (χ3n) is 2.10. The minimum atomic E-state index is -3.47. The van der Waals surface area contributed by atoms with Crippen molar-refractivity contribution in [1.82, 2.24) is 4.72 Å². The van der Waals surface area contributed by atoms with Crippen LogP contribution >= 0.6 is 38.9 Å². The van der Waals surface area contributed by atoms with Crippen molar-refractivity contribution in [3.8, 4) is 0 Å². The Morgan fingerprint density at radius 2 is 2.21 bits per heavy atom. The van der Waals surface area contributed by atoms with Crippen LogP contribution in [0, 0.1) is 5.92 Å². The van der Waals surface area contributed by atoms with Crippen molar-refractivity contribution in [3.05, 3.63) is 14.9 Å². The molecule has 4 nitrogen and oxygen atoms in total. The second-order valence-corrected chi connectivity index (χ2v) is 9.18. The molecule has 0 aliphatic heterocycles. The van der Waals surface area contributed by atoms with E-state index in [1.165, 1.54) is 6.07 Å². The molecule has 110 valence electrons.